The third-order valence-electron chi connectivity index (χ3n) is 8.14. The van der Waals surface area contributed by atoms with Crippen LogP contribution < -0.4 is 9.80 Å². The van der Waals surface area contributed by atoms with Crippen molar-refractivity contribution in [2.24, 2.45) is 0 Å². The van der Waals surface area contributed by atoms with Crippen molar-refractivity contribution in [1.29, 1.82) is 0 Å². The molecule has 0 aliphatic heterocycles. The molecule has 0 N–H and O–H groups in total. The predicted molar refractivity (Wildman–Crippen MR) is 185 cm³/mol. The highest BCUT2D eigenvalue weighted by Crippen LogP contribution is 2.48. The van der Waals surface area contributed by atoms with Crippen molar-refractivity contribution < 1.29 is 0 Å². The van der Waals surface area contributed by atoms with E-state index in [4.69, 9.17) is 0 Å². The van der Waals surface area contributed by atoms with Crippen molar-refractivity contribution in [3.63, 3.8) is 0 Å². The van der Waals surface area contributed by atoms with Crippen LogP contribution in [0, 0.1) is 0 Å². The van der Waals surface area contributed by atoms with Gasteiger partial charge < -0.3 is 9.80 Å². The minimum atomic E-state index is 0.294. The van der Waals surface area contributed by atoms with E-state index in [1.807, 2.05) is 0 Å². The molecule has 0 saturated heterocycles. The van der Waals surface area contributed by atoms with E-state index in [1.54, 1.807) is 0 Å². The number of benzene rings is 7. The summed E-state index contributed by atoms with van der Waals surface area (Å²) in [7, 11) is 0. The highest BCUT2D eigenvalue weighted by Gasteiger charge is 2.24. The standard InChI is InChI=1S/C41H34N2/c1-30(2)40-37-28-27-35(42(31-17-7-3-8-18-31)32-19-9-4-10-20-32)29-39(37)36-25-15-16-26-38(36)41(40)43(33-21-11-5-12-22-33)34-23-13-6-14-24-34/h3-30H,1-2H3. The Bertz CT molecular complexity index is 1900. The van der Waals surface area contributed by atoms with Crippen LogP contribution in [0.15, 0.2) is 164 Å². The maximum Gasteiger partial charge on any atom is 0.0581 e. The molecule has 0 aromatic heterocycles. The molecule has 7 rings (SSSR count). The van der Waals surface area contributed by atoms with Crippen LogP contribution in [-0.4, -0.2) is 0 Å². The summed E-state index contributed by atoms with van der Waals surface area (Å²) in [6.45, 7) is 4.63. The quantitative estimate of drug-likeness (QED) is 0.181. The zero-order valence-electron chi connectivity index (χ0n) is 24.6. The molecule has 2 nitrogen and oxygen atoms in total. The van der Waals surface area contributed by atoms with Gasteiger partial charge in [-0.3, -0.25) is 0 Å². The molecule has 0 radical (unpaired) electrons. The molecule has 43 heavy (non-hydrogen) atoms. The molecule has 0 spiro atoms. The van der Waals surface area contributed by atoms with Gasteiger partial charge in [-0.2, -0.15) is 0 Å². The third kappa shape index (κ3) is 4.91. The van der Waals surface area contributed by atoms with Crippen LogP contribution >= 0.6 is 0 Å². The first kappa shape index (κ1) is 26.6. The van der Waals surface area contributed by atoms with Crippen molar-refractivity contribution in [2.75, 3.05) is 9.80 Å². The fraction of sp³-hybridized carbons (Fsp3) is 0.0732. The zero-order chi connectivity index (χ0) is 29.2. The van der Waals surface area contributed by atoms with Gasteiger partial charge in [-0.15, -0.1) is 0 Å². The fourth-order valence-corrected chi connectivity index (χ4v) is 6.31. The van der Waals surface area contributed by atoms with E-state index in [9.17, 15) is 0 Å². The van der Waals surface area contributed by atoms with Crippen LogP contribution in [-0.2, 0) is 0 Å². The van der Waals surface area contributed by atoms with Gasteiger partial charge in [0.25, 0.3) is 0 Å². The van der Waals surface area contributed by atoms with Gasteiger partial charge in [-0.1, -0.05) is 117 Å². The number of fused-ring (bicyclic) bond motifs is 3. The molecule has 0 amide bonds. The van der Waals surface area contributed by atoms with Crippen LogP contribution in [0.3, 0.4) is 0 Å². The Kier molecular flexibility index (Phi) is 7.10. The van der Waals surface area contributed by atoms with E-state index in [1.165, 1.54) is 32.8 Å². The topological polar surface area (TPSA) is 6.48 Å². The van der Waals surface area contributed by atoms with Gasteiger partial charge in [0, 0.05) is 33.8 Å². The second-order valence-corrected chi connectivity index (χ2v) is 11.2. The van der Waals surface area contributed by atoms with E-state index in [0.717, 1.165) is 28.4 Å². The number of hydrogen-bond donors (Lipinski definition) is 0. The monoisotopic (exact) mass is 554 g/mol. The SMILES string of the molecule is CC(C)c1c(N(c2ccccc2)c2ccccc2)c2ccccc2c2cc(N(c3ccccc3)c3ccccc3)ccc12. The van der Waals surface area contributed by atoms with E-state index in [0.29, 0.717) is 5.92 Å². The summed E-state index contributed by atoms with van der Waals surface area (Å²) in [6, 6.07) is 58.6. The number of hydrogen-bond acceptors (Lipinski definition) is 2. The lowest BCUT2D eigenvalue weighted by Crippen LogP contribution is -2.14. The second kappa shape index (κ2) is 11.5. The lowest BCUT2D eigenvalue weighted by atomic mass is 9.88. The summed E-state index contributed by atoms with van der Waals surface area (Å²) in [6.07, 6.45) is 0. The highest BCUT2D eigenvalue weighted by atomic mass is 15.2. The first-order chi connectivity index (χ1) is 21.2. The molecule has 0 fully saturated rings. The number of nitrogens with zero attached hydrogens (tertiary/aromatic N) is 2. The van der Waals surface area contributed by atoms with Gasteiger partial charge in [-0.25, -0.2) is 0 Å². The molecule has 0 aliphatic rings. The molecule has 0 aliphatic carbocycles. The summed E-state index contributed by atoms with van der Waals surface area (Å²) in [5, 5.41) is 5.04. The third-order valence-corrected chi connectivity index (χ3v) is 8.14. The Labute approximate surface area is 254 Å². The van der Waals surface area contributed by atoms with E-state index >= 15 is 0 Å². The first-order valence-electron chi connectivity index (χ1n) is 15.0. The molecule has 208 valence electrons. The molecule has 0 saturated carbocycles. The Morgan fingerprint density at radius 1 is 0.349 bits per heavy atom. The number of rotatable bonds is 7. The smallest absolute Gasteiger partial charge is 0.0581 e. The average Bonchev–Trinajstić information content (AvgIpc) is 3.07. The Hall–Kier alpha value is -5.34. The van der Waals surface area contributed by atoms with Crippen molar-refractivity contribution in [2.45, 2.75) is 19.8 Å². The minimum Gasteiger partial charge on any atom is -0.310 e. The van der Waals surface area contributed by atoms with Crippen LogP contribution in [0.4, 0.5) is 34.1 Å². The Morgan fingerprint density at radius 3 is 1.23 bits per heavy atom. The lowest BCUT2D eigenvalue weighted by Gasteiger charge is -2.32. The van der Waals surface area contributed by atoms with E-state index in [-0.39, 0.29) is 0 Å². The summed E-state index contributed by atoms with van der Waals surface area (Å²) in [5.41, 5.74) is 8.30. The van der Waals surface area contributed by atoms with Gasteiger partial charge >= 0.3 is 0 Å². The van der Waals surface area contributed by atoms with Gasteiger partial charge in [0.2, 0.25) is 0 Å². The van der Waals surface area contributed by atoms with Crippen molar-refractivity contribution in [1.82, 2.24) is 0 Å². The highest BCUT2D eigenvalue weighted by molar-refractivity contribution is 6.17. The molecule has 0 atom stereocenters. The summed E-state index contributed by atoms with van der Waals surface area (Å²) in [4.78, 5) is 4.78. The summed E-state index contributed by atoms with van der Waals surface area (Å²) in [5.74, 6) is 0.294. The first-order valence-corrected chi connectivity index (χ1v) is 15.0. The average molecular weight is 555 g/mol. The lowest BCUT2D eigenvalue weighted by molar-refractivity contribution is 0.876. The molecule has 2 heteroatoms. The largest absolute Gasteiger partial charge is 0.310 e. The van der Waals surface area contributed by atoms with Crippen molar-refractivity contribution in [3.8, 4) is 0 Å². The Balaban J connectivity index is 1.54. The summed E-state index contributed by atoms with van der Waals surface area (Å²) >= 11 is 0. The van der Waals surface area contributed by atoms with Gasteiger partial charge in [0.05, 0.1) is 5.69 Å². The molecule has 0 bridgehead atoms. The zero-order valence-corrected chi connectivity index (χ0v) is 24.6. The number of para-hydroxylation sites is 4. The van der Waals surface area contributed by atoms with Crippen molar-refractivity contribution >= 4 is 55.7 Å². The molecular weight excluding hydrogens is 520 g/mol. The maximum absolute atomic E-state index is 2.44. The summed E-state index contributed by atoms with van der Waals surface area (Å²) < 4.78 is 0. The van der Waals surface area contributed by atoms with Crippen LogP contribution in [0.5, 0.6) is 0 Å². The molecular formula is C41H34N2. The van der Waals surface area contributed by atoms with E-state index < -0.39 is 0 Å². The number of anilines is 6. The predicted octanol–water partition coefficient (Wildman–Crippen LogP) is 12.1. The van der Waals surface area contributed by atoms with Gasteiger partial charge in [0.1, 0.15) is 0 Å². The molecule has 7 aromatic rings. The van der Waals surface area contributed by atoms with Crippen molar-refractivity contribution in [3.05, 3.63) is 169 Å². The fourth-order valence-electron chi connectivity index (χ4n) is 6.31. The van der Waals surface area contributed by atoms with Crippen LogP contribution in [0.1, 0.15) is 25.3 Å². The molecule has 0 heterocycles. The van der Waals surface area contributed by atoms with Crippen LogP contribution in [0.2, 0.25) is 0 Å². The minimum absolute atomic E-state index is 0.294. The van der Waals surface area contributed by atoms with E-state index in [2.05, 4.69) is 187 Å². The Morgan fingerprint density at radius 2 is 0.767 bits per heavy atom. The molecule has 0 unspecified atom stereocenters. The maximum atomic E-state index is 2.44. The van der Waals surface area contributed by atoms with Crippen LogP contribution in [0.25, 0.3) is 21.5 Å². The van der Waals surface area contributed by atoms with Gasteiger partial charge in [0.15, 0.2) is 0 Å². The molecule has 7 aromatic carbocycles. The normalized spacial score (nSPS) is 11.2. The second-order valence-electron chi connectivity index (χ2n) is 11.2. The van der Waals surface area contributed by atoms with Gasteiger partial charge in [-0.05, 0) is 88.3 Å².